The lowest BCUT2D eigenvalue weighted by Crippen LogP contribution is -2.56. The third kappa shape index (κ3) is 7.80. The Hall–Kier alpha value is -2.42. The number of benzene rings is 1. The summed E-state index contributed by atoms with van der Waals surface area (Å²) >= 11 is 0. The van der Waals surface area contributed by atoms with Crippen LogP contribution in [0.4, 0.5) is 0 Å². The minimum absolute atomic E-state index is 0.0608. The van der Waals surface area contributed by atoms with E-state index in [9.17, 15) is 19.8 Å². The Morgan fingerprint density at radius 2 is 1.74 bits per heavy atom. The third-order valence-electron chi connectivity index (χ3n) is 7.59. The molecule has 0 bridgehead atoms. The van der Waals surface area contributed by atoms with E-state index in [1.165, 1.54) is 38.5 Å². The first-order valence-electron chi connectivity index (χ1n) is 14.4. The number of hydrogen-bond donors (Lipinski definition) is 3. The second kappa shape index (κ2) is 15.9. The average molecular weight is 531 g/mol. The standard InChI is InChI=1S/C30H46N2O6/c1-3-4-5-6-7-8-9-10-11-16-26(34)32(18-20-37-2)24-21-23(30(36)31-17-19-33)27-22-14-12-13-15-25(22)38-29(27)28(24)35/h12-15,21,24,27-29,33,35H,3-11,16-20H2,1-2H3,(H,31,36)/t24-,27+,28+,29+/m1/s1. The molecule has 1 heterocycles. The number of unbranched alkanes of at least 4 members (excludes halogenated alkanes) is 8. The lowest BCUT2D eigenvalue weighted by atomic mass is 9.77. The van der Waals surface area contributed by atoms with Crippen molar-refractivity contribution in [2.45, 2.75) is 95.3 Å². The first-order chi connectivity index (χ1) is 18.5. The maximum atomic E-state index is 13.4. The molecule has 0 aromatic heterocycles. The average Bonchev–Trinajstić information content (AvgIpc) is 3.32. The van der Waals surface area contributed by atoms with Gasteiger partial charge in [-0.2, -0.15) is 0 Å². The van der Waals surface area contributed by atoms with Crippen LogP contribution in [0.1, 0.15) is 82.6 Å². The molecule has 0 unspecified atom stereocenters. The van der Waals surface area contributed by atoms with Gasteiger partial charge < -0.3 is 29.9 Å². The summed E-state index contributed by atoms with van der Waals surface area (Å²) in [6, 6.07) is 6.75. The Labute approximate surface area is 227 Å². The van der Waals surface area contributed by atoms with Gasteiger partial charge in [0, 0.05) is 37.8 Å². The van der Waals surface area contributed by atoms with Crippen LogP contribution < -0.4 is 10.1 Å². The molecule has 8 nitrogen and oxygen atoms in total. The van der Waals surface area contributed by atoms with Crippen molar-refractivity contribution in [3.63, 3.8) is 0 Å². The van der Waals surface area contributed by atoms with Crippen LogP contribution in [0.5, 0.6) is 5.75 Å². The monoisotopic (exact) mass is 530 g/mol. The smallest absolute Gasteiger partial charge is 0.247 e. The summed E-state index contributed by atoms with van der Waals surface area (Å²) in [5, 5.41) is 23.4. The van der Waals surface area contributed by atoms with E-state index in [2.05, 4.69) is 12.2 Å². The van der Waals surface area contributed by atoms with Crippen LogP contribution in [0.25, 0.3) is 0 Å². The number of carbonyl (C=O) groups excluding carboxylic acids is 2. The highest BCUT2D eigenvalue weighted by atomic mass is 16.5. The summed E-state index contributed by atoms with van der Waals surface area (Å²) in [6.45, 7) is 2.79. The van der Waals surface area contributed by atoms with Gasteiger partial charge in [-0.15, -0.1) is 0 Å². The van der Waals surface area contributed by atoms with E-state index in [1.54, 1.807) is 18.1 Å². The molecule has 0 radical (unpaired) electrons. The molecule has 38 heavy (non-hydrogen) atoms. The van der Waals surface area contributed by atoms with Crippen LogP contribution in [0, 0.1) is 0 Å². The molecule has 0 saturated heterocycles. The van der Waals surface area contributed by atoms with E-state index in [1.807, 2.05) is 24.3 Å². The highest BCUT2D eigenvalue weighted by molar-refractivity contribution is 5.96. The number of fused-ring (bicyclic) bond motifs is 3. The Balaban J connectivity index is 1.71. The molecule has 1 aromatic carbocycles. The molecular weight excluding hydrogens is 484 g/mol. The third-order valence-corrected chi connectivity index (χ3v) is 7.59. The molecule has 0 saturated carbocycles. The largest absolute Gasteiger partial charge is 0.486 e. The molecule has 1 aliphatic heterocycles. The molecule has 3 N–H and O–H groups in total. The zero-order chi connectivity index (χ0) is 27.3. The molecule has 3 rings (SSSR count). The molecule has 8 heteroatoms. The number of para-hydroxylation sites is 1. The Morgan fingerprint density at radius 3 is 2.42 bits per heavy atom. The van der Waals surface area contributed by atoms with Gasteiger partial charge in [0.25, 0.3) is 0 Å². The number of nitrogens with zero attached hydrogens (tertiary/aromatic N) is 1. The molecule has 0 fully saturated rings. The first-order valence-corrected chi connectivity index (χ1v) is 14.4. The minimum atomic E-state index is -1.01. The number of nitrogens with one attached hydrogen (secondary N) is 1. The van der Waals surface area contributed by atoms with Gasteiger partial charge in [-0.25, -0.2) is 0 Å². The highest BCUT2D eigenvalue weighted by Crippen LogP contribution is 2.47. The van der Waals surface area contributed by atoms with E-state index in [0.717, 1.165) is 24.8 Å². The van der Waals surface area contributed by atoms with E-state index in [0.29, 0.717) is 30.9 Å². The summed E-state index contributed by atoms with van der Waals surface area (Å²) in [5.41, 5.74) is 1.28. The fourth-order valence-corrected chi connectivity index (χ4v) is 5.55. The van der Waals surface area contributed by atoms with Crippen molar-refractivity contribution in [1.29, 1.82) is 0 Å². The fraction of sp³-hybridized carbons (Fsp3) is 0.667. The van der Waals surface area contributed by atoms with Crippen molar-refractivity contribution < 1.29 is 29.3 Å². The first kappa shape index (κ1) is 30.1. The molecule has 2 amide bonds. The fourth-order valence-electron chi connectivity index (χ4n) is 5.55. The van der Waals surface area contributed by atoms with E-state index >= 15 is 0 Å². The Bertz CT molecular complexity index is 920. The maximum Gasteiger partial charge on any atom is 0.247 e. The molecule has 2 aliphatic rings. The van der Waals surface area contributed by atoms with Gasteiger partial charge in [-0.05, 0) is 18.6 Å². The summed E-state index contributed by atoms with van der Waals surface area (Å²) in [6.07, 6.45) is 10.9. The Morgan fingerprint density at radius 1 is 1.05 bits per heavy atom. The zero-order valence-corrected chi connectivity index (χ0v) is 23.1. The molecule has 4 atom stereocenters. The maximum absolute atomic E-state index is 13.4. The van der Waals surface area contributed by atoms with Crippen LogP contribution in [0.3, 0.4) is 0 Å². The highest BCUT2D eigenvalue weighted by Gasteiger charge is 2.50. The summed E-state index contributed by atoms with van der Waals surface area (Å²) in [4.78, 5) is 28.2. The quantitative estimate of drug-likeness (QED) is 0.265. The summed E-state index contributed by atoms with van der Waals surface area (Å²) in [7, 11) is 1.58. The number of methoxy groups -OCH3 is 1. The van der Waals surface area contributed by atoms with Crippen molar-refractivity contribution in [2.75, 3.05) is 33.4 Å². The second-order valence-corrected chi connectivity index (χ2v) is 10.3. The zero-order valence-electron chi connectivity index (χ0n) is 23.1. The number of amides is 2. The predicted molar refractivity (Wildman–Crippen MR) is 147 cm³/mol. The van der Waals surface area contributed by atoms with Gasteiger partial charge in [0.15, 0.2) is 0 Å². The van der Waals surface area contributed by atoms with Crippen molar-refractivity contribution in [2.24, 2.45) is 0 Å². The second-order valence-electron chi connectivity index (χ2n) is 10.3. The Kier molecular flexibility index (Phi) is 12.6. The molecule has 0 spiro atoms. The lowest BCUT2D eigenvalue weighted by Gasteiger charge is -2.40. The van der Waals surface area contributed by atoms with Crippen molar-refractivity contribution in [1.82, 2.24) is 10.2 Å². The molecule has 212 valence electrons. The van der Waals surface area contributed by atoms with Gasteiger partial charge in [0.2, 0.25) is 11.8 Å². The minimum Gasteiger partial charge on any atom is -0.486 e. The van der Waals surface area contributed by atoms with Crippen LogP contribution in [0.15, 0.2) is 35.9 Å². The van der Waals surface area contributed by atoms with E-state index in [4.69, 9.17) is 9.47 Å². The van der Waals surface area contributed by atoms with Gasteiger partial charge in [0.05, 0.1) is 25.2 Å². The molecule has 1 aromatic rings. The lowest BCUT2D eigenvalue weighted by molar-refractivity contribution is -0.138. The van der Waals surface area contributed by atoms with Crippen LogP contribution in [0.2, 0.25) is 0 Å². The van der Waals surface area contributed by atoms with E-state index < -0.39 is 24.2 Å². The number of carbonyl (C=O) groups is 2. The topological polar surface area (TPSA) is 108 Å². The van der Waals surface area contributed by atoms with Crippen LogP contribution in [-0.2, 0) is 14.3 Å². The normalized spacial score (nSPS) is 21.7. The molecule has 1 aliphatic carbocycles. The number of ether oxygens (including phenoxy) is 2. The van der Waals surface area contributed by atoms with Crippen LogP contribution >= 0.6 is 0 Å². The number of aliphatic hydroxyl groups is 2. The van der Waals surface area contributed by atoms with E-state index in [-0.39, 0.29) is 25.0 Å². The predicted octanol–water partition coefficient (Wildman–Crippen LogP) is 3.71. The number of aliphatic hydroxyl groups excluding tert-OH is 2. The molecular formula is C30H46N2O6. The number of hydrogen-bond acceptors (Lipinski definition) is 6. The van der Waals surface area contributed by atoms with Gasteiger partial charge in [-0.1, -0.05) is 76.5 Å². The van der Waals surface area contributed by atoms with Crippen molar-refractivity contribution in [3.8, 4) is 5.75 Å². The van der Waals surface area contributed by atoms with Crippen molar-refractivity contribution in [3.05, 3.63) is 41.5 Å². The van der Waals surface area contributed by atoms with Crippen LogP contribution in [-0.4, -0.2) is 78.6 Å². The van der Waals surface area contributed by atoms with Gasteiger partial charge in [-0.3, -0.25) is 9.59 Å². The number of rotatable bonds is 17. The summed E-state index contributed by atoms with van der Waals surface area (Å²) in [5.74, 6) is -0.209. The van der Waals surface area contributed by atoms with Gasteiger partial charge >= 0.3 is 0 Å². The van der Waals surface area contributed by atoms with Crippen molar-refractivity contribution >= 4 is 11.8 Å². The van der Waals surface area contributed by atoms with Gasteiger partial charge in [0.1, 0.15) is 18.0 Å². The summed E-state index contributed by atoms with van der Waals surface area (Å²) < 4.78 is 11.4. The SMILES string of the molecule is CCCCCCCCCCCC(=O)N(CCOC)[C@@H]1C=C(C(=O)NCCO)[C@@H]2c3ccccc3O[C@@H]2[C@H]1O.